The molecule has 22 heavy (non-hydrogen) atoms. The Hall–Kier alpha value is -1.76. The Labute approximate surface area is 127 Å². The molecule has 0 spiro atoms. The van der Waals surface area contributed by atoms with Crippen molar-refractivity contribution in [3.8, 4) is 5.75 Å². The second kappa shape index (κ2) is 7.00. The summed E-state index contributed by atoms with van der Waals surface area (Å²) in [6.07, 6.45) is -4.82. The molecule has 0 aliphatic rings. The summed E-state index contributed by atoms with van der Waals surface area (Å²) in [6.45, 7) is 6.82. The zero-order valence-electron chi connectivity index (χ0n) is 12.9. The predicted molar refractivity (Wildman–Crippen MR) is 75.5 cm³/mol. The average molecular weight is 319 g/mol. The lowest BCUT2D eigenvalue weighted by molar-refractivity contribution is -0.274. The molecule has 4 nitrogen and oxygen atoms in total. The van der Waals surface area contributed by atoms with Gasteiger partial charge in [0.15, 0.2) is 0 Å². The molecule has 1 amide bonds. The molecule has 0 saturated heterocycles. The molecule has 0 heterocycles. The lowest BCUT2D eigenvalue weighted by Gasteiger charge is -2.31. The van der Waals surface area contributed by atoms with Crippen LogP contribution >= 0.6 is 0 Å². The van der Waals surface area contributed by atoms with E-state index in [2.05, 4.69) is 4.74 Å². The van der Waals surface area contributed by atoms with Gasteiger partial charge in [-0.15, -0.1) is 13.2 Å². The van der Waals surface area contributed by atoms with Gasteiger partial charge in [-0.2, -0.15) is 0 Å². The van der Waals surface area contributed by atoms with Crippen LogP contribution in [-0.2, 0) is 6.61 Å². The highest BCUT2D eigenvalue weighted by molar-refractivity contribution is 5.96. The van der Waals surface area contributed by atoms with E-state index in [4.69, 9.17) is 0 Å². The monoisotopic (exact) mass is 319 g/mol. The zero-order chi connectivity index (χ0) is 17.1. The molecule has 0 unspecified atom stereocenters. The lowest BCUT2D eigenvalue weighted by Crippen LogP contribution is -2.42. The zero-order valence-corrected chi connectivity index (χ0v) is 12.9. The first-order valence-corrected chi connectivity index (χ1v) is 6.89. The van der Waals surface area contributed by atoms with E-state index in [-0.39, 0.29) is 29.1 Å². The van der Waals surface area contributed by atoms with Crippen molar-refractivity contribution in [2.45, 2.75) is 52.7 Å². The van der Waals surface area contributed by atoms with Crippen molar-refractivity contribution in [1.82, 2.24) is 4.90 Å². The van der Waals surface area contributed by atoms with Crippen molar-refractivity contribution in [2.75, 3.05) is 0 Å². The van der Waals surface area contributed by atoms with Gasteiger partial charge in [-0.25, -0.2) is 0 Å². The maximum absolute atomic E-state index is 12.6. The molecule has 0 aliphatic heterocycles. The minimum absolute atomic E-state index is 0.0786. The standard InChI is InChI=1S/C15H20F3NO3/c1-9(2)19(10(3)4)14(21)13-6-5-12(7-11(13)8-20)22-15(16,17)18/h5-7,9-10,20H,8H2,1-4H3. The molecule has 0 bridgehead atoms. The van der Waals surface area contributed by atoms with Gasteiger partial charge in [0.1, 0.15) is 5.75 Å². The van der Waals surface area contributed by atoms with Gasteiger partial charge in [-0.05, 0) is 51.5 Å². The van der Waals surface area contributed by atoms with Crippen molar-refractivity contribution in [1.29, 1.82) is 0 Å². The summed E-state index contributed by atoms with van der Waals surface area (Å²) < 4.78 is 40.4. The number of halogens is 3. The third kappa shape index (κ3) is 4.62. The molecule has 1 aromatic rings. The first-order valence-electron chi connectivity index (χ1n) is 6.89. The summed E-state index contributed by atoms with van der Waals surface area (Å²) in [5.41, 5.74) is 0.262. The lowest BCUT2D eigenvalue weighted by atomic mass is 10.0. The Morgan fingerprint density at radius 1 is 1.23 bits per heavy atom. The van der Waals surface area contributed by atoms with Crippen LogP contribution in [0.3, 0.4) is 0 Å². The third-order valence-corrected chi connectivity index (χ3v) is 3.06. The van der Waals surface area contributed by atoms with E-state index in [0.717, 1.165) is 12.1 Å². The molecule has 0 fully saturated rings. The Morgan fingerprint density at radius 3 is 2.18 bits per heavy atom. The fraction of sp³-hybridized carbons (Fsp3) is 0.533. The maximum atomic E-state index is 12.6. The number of benzene rings is 1. The van der Waals surface area contributed by atoms with Crippen LogP contribution in [0.1, 0.15) is 43.6 Å². The molecule has 0 radical (unpaired) electrons. The normalized spacial score (nSPS) is 11.9. The number of hydrogen-bond acceptors (Lipinski definition) is 3. The van der Waals surface area contributed by atoms with Crippen LogP contribution in [0.4, 0.5) is 13.2 Å². The number of aliphatic hydroxyl groups excluding tert-OH is 1. The molecule has 124 valence electrons. The second-order valence-electron chi connectivity index (χ2n) is 5.42. The minimum atomic E-state index is -4.82. The van der Waals surface area contributed by atoms with E-state index in [1.807, 2.05) is 27.7 Å². The summed E-state index contributed by atoms with van der Waals surface area (Å²) in [5.74, 6) is -0.804. The number of aliphatic hydroxyl groups is 1. The summed E-state index contributed by atoms with van der Waals surface area (Å²) in [4.78, 5) is 14.2. The number of carbonyl (C=O) groups is 1. The van der Waals surface area contributed by atoms with Crippen LogP contribution in [0.5, 0.6) is 5.75 Å². The van der Waals surface area contributed by atoms with Crippen LogP contribution in [0.25, 0.3) is 0 Å². The van der Waals surface area contributed by atoms with Gasteiger partial charge in [-0.3, -0.25) is 4.79 Å². The molecule has 1 rings (SSSR count). The van der Waals surface area contributed by atoms with Crippen molar-refractivity contribution < 1.29 is 27.8 Å². The Morgan fingerprint density at radius 2 is 1.77 bits per heavy atom. The number of rotatable bonds is 5. The number of nitrogens with zero attached hydrogens (tertiary/aromatic N) is 1. The van der Waals surface area contributed by atoms with Crippen molar-refractivity contribution in [3.63, 3.8) is 0 Å². The van der Waals surface area contributed by atoms with Crippen LogP contribution in [0.2, 0.25) is 0 Å². The third-order valence-electron chi connectivity index (χ3n) is 3.06. The van der Waals surface area contributed by atoms with Crippen LogP contribution in [0, 0.1) is 0 Å². The first kappa shape index (κ1) is 18.3. The Balaban J connectivity index is 3.17. The predicted octanol–water partition coefficient (Wildman–Crippen LogP) is 3.34. The molecule has 1 aromatic carbocycles. The largest absolute Gasteiger partial charge is 0.573 e. The van der Waals surface area contributed by atoms with E-state index in [9.17, 15) is 23.1 Å². The number of hydrogen-bond donors (Lipinski definition) is 1. The van der Waals surface area contributed by atoms with Crippen LogP contribution < -0.4 is 4.74 Å². The minimum Gasteiger partial charge on any atom is -0.406 e. The summed E-state index contributed by atoms with van der Waals surface area (Å²) in [5, 5.41) is 9.34. The first-order chi connectivity index (χ1) is 10.1. The van der Waals surface area contributed by atoms with Gasteiger partial charge in [0.2, 0.25) is 0 Å². The molecule has 1 N–H and O–H groups in total. The van der Waals surface area contributed by atoms with Gasteiger partial charge in [0.05, 0.1) is 6.61 Å². The quantitative estimate of drug-likeness (QED) is 0.905. The van der Waals surface area contributed by atoms with Crippen molar-refractivity contribution in [3.05, 3.63) is 29.3 Å². The molecule has 0 aliphatic carbocycles. The molecule has 0 saturated carbocycles. The van der Waals surface area contributed by atoms with Crippen molar-refractivity contribution >= 4 is 5.91 Å². The van der Waals surface area contributed by atoms with E-state index >= 15 is 0 Å². The van der Waals surface area contributed by atoms with Crippen LogP contribution in [-0.4, -0.2) is 34.4 Å². The number of ether oxygens (including phenoxy) is 1. The highest BCUT2D eigenvalue weighted by Crippen LogP contribution is 2.26. The average Bonchev–Trinajstić information content (AvgIpc) is 2.35. The fourth-order valence-corrected chi connectivity index (χ4v) is 2.31. The van der Waals surface area contributed by atoms with Crippen molar-refractivity contribution in [2.24, 2.45) is 0 Å². The Bertz CT molecular complexity index is 519. The van der Waals surface area contributed by atoms with E-state index in [1.54, 1.807) is 4.90 Å². The molecule has 7 heteroatoms. The molecular formula is C15H20F3NO3. The highest BCUT2D eigenvalue weighted by atomic mass is 19.4. The maximum Gasteiger partial charge on any atom is 0.573 e. The van der Waals surface area contributed by atoms with Crippen LogP contribution in [0.15, 0.2) is 18.2 Å². The second-order valence-corrected chi connectivity index (χ2v) is 5.42. The smallest absolute Gasteiger partial charge is 0.406 e. The highest BCUT2D eigenvalue weighted by Gasteiger charge is 2.32. The van der Waals surface area contributed by atoms with E-state index in [0.29, 0.717) is 0 Å². The molecule has 0 aromatic heterocycles. The Kier molecular flexibility index (Phi) is 5.82. The topological polar surface area (TPSA) is 49.8 Å². The molecular weight excluding hydrogens is 299 g/mol. The van der Waals surface area contributed by atoms with Gasteiger partial charge in [0, 0.05) is 17.6 Å². The SMILES string of the molecule is CC(C)N(C(=O)c1ccc(OC(F)(F)F)cc1CO)C(C)C. The number of alkyl halides is 3. The van der Waals surface area contributed by atoms with E-state index < -0.39 is 18.7 Å². The van der Waals surface area contributed by atoms with E-state index in [1.165, 1.54) is 6.07 Å². The summed E-state index contributed by atoms with van der Waals surface area (Å²) >= 11 is 0. The summed E-state index contributed by atoms with van der Waals surface area (Å²) in [6, 6.07) is 3.18. The fourth-order valence-electron chi connectivity index (χ4n) is 2.31. The van der Waals surface area contributed by atoms with Gasteiger partial charge < -0.3 is 14.7 Å². The summed E-state index contributed by atoms with van der Waals surface area (Å²) in [7, 11) is 0. The van der Waals surface area contributed by atoms with Gasteiger partial charge in [0.25, 0.3) is 5.91 Å². The van der Waals surface area contributed by atoms with Gasteiger partial charge >= 0.3 is 6.36 Å². The number of amides is 1. The molecule has 0 atom stereocenters. The number of carbonyl (C=O) groups excluding carboxylic acids is 1. The van der Waals surface area contributed by atoms with Gasteiger partial charge in [-0.1, -0.05) is 0 Å².